The Morgan fingerprint density at radius 1 is 1.43 bits per heavy atom. The second kappa shape index (κ2) is 4.19. The zero-order valence-electron chi connectivity index (χ0n) is 6.86. The molecule has 4 atom stereocenters. The number of ether oxygens (including phenoxy) is 1. The fourth-order valence-corrected chi connectivity index (χ4v) is 1.36. The van der Waals surface area contributed by atoms with Gasteiger partial charge in [-0.3, -0.25) is 4.52 Å². The summed E-state index contributed by atoms with van der Waals surface area (Å²) in [6.07, 6.45) is -6.74. The monoisotopic (exact) mass is 232 g/mol. The minimum absolute atomic E-state index is 0.692. The summed E-state index contributed by atoms with van der Waals surface area (Å²) in [6, 6.07) is 0. The van der Waals surface area contributed by atoms with Crippen LogP contribution >= 0.6 is 7.82 Å². The lowest BCUT2D eigenvalue weighted by Crippen LogP contribution is -2.31. The Labute approximate surface area is 78.3 Å². The summed E-state index contributed by atoms with van der Waals surface area (Å²) in [6.45, 7) is -0.692. The average Bonchev–Trinajstić information content (AvgIpc) is 2.28. The number of hydrogen-bond acceptors (Lipinski definition) is 5. The van der Waals surface area contributed by atoms with Gasteiger partial charge in [0.1, 0.15) is 12.2 Å². The molecule has 84 valence electrons. The summed E-state index contributed by atoms with van der Waals surface area (Å²) in [4.78, 5) is 16.6. The molecule has 0 bridgehead atoms. The highest BCUT2D eigenvalue weighted by Gasteiger charge is 2.44. The molecule has 1 saturated heterocycles. The maximum Gasteiger partial charge on any atom is 0.469 e. The molecule has 1 aliphatic rings. The van der Waals surface area contributed by atoms with Gasteiger partial charge in [-0.25, -0.2) is 8.96 Å². The molecule has 0 aromatic heterocycles. The van der Waals surface area contributed by atoms with Gasteiger partial charge >= 0.3 is 7.82 Å². The lowest BCUT2D eigenvalue weighted by atomic mass is 10.2. The van der Waals surface area contributed by atoms with E-state index in [0.29, 0.717) is 0 Å². The molecule has 7 nitrogen and oxygen atoms in total. The van der Waals surface area contributed by atoms with Crippen molar-refractivity contribution in [2.45, 2.75) is 24.7 Å². The maximum atomic E-state index is 12.7. The molecule has 1 rings (SSSR count). The number of rotatable bonds is 3. The number of alkyl halides is 1. The molecule has 0 radical (unpaired) electrons. The van der Waals surface area contributed by atoms with E-state index in [1.165, 1.54) is 0 Å². The van der Waals surface area contributed by atoms with Crippen molar-refractivity contribution < 1.29 is 38.2 Å². The fraction of sp³-hybridized carbons (Fsp3) is 1.00. The van der Waals surface area contributed by atoms with Crippen LogP contribution in [0.5, 0.6) is 0 Å². The topological polar surface area (TPSA) is 116 Å². The minimum Gasteiger partial charge on any atom is -0.387 e. The molecule has 1 aliphatic heterocycles. The van der Waals surface area contributed by atoms with Crippen molar-refractivity contribution in [3.8, 4) is 0 Å². The van der Waals surface area contributed by atoms with E-state index in [0.717, 1.165) is 0 Å². The van der Waals surface area contributed by atoms with E-state index in [4.69, 9.17) is 20.0 Å². The van der Waals surface area contributed by atoms with Crippen LogP contribution < -0.4 is 0 Å². The average molecular weight is 232 g/mol. The van der Waals surface area contributed by atoms with Crippen LogP contribution in [0.15, 0.2) is 0 Å². The van der Waals surface area contributed by atoms with Gasteiger partial charge in [0.15, 0.2) is 12.5 Å². The van der Waals surface area contributed by atoms with Gasteiger partial charge in [-0.05, 0) is 0 Å². The third-order valence-electron chi connectivity index (χ3n) is 1.70. The van der Waals surface area contributed by atoms with E-state index < -0.39 is 39.1 Å². The fourth-order valence-electron chi connectivity index (χ4n) is 1.02. The van der Waals surface area contributed by atoms with Crippen molar-refractivity contribution in [3.05, 3.63) is 0 Å². The Bertz CT molecular complexity index is 242. The van der Waals surface area contributed by atoms with Crippen molar-refractivity contribution in [1.82, 2.24) is 0 Å². The number of hydrogen-bond donors (Lipinski definition) is 4. The zero-order chi connectivity index (χ0) is 10.9. The maximum absolute atomic E-state index is 12.7. The molecule has 9 heteroatoms. The molecule has 0 amide bonds. The normalized spacial score (nSPS) is 38.9. The van der Waals surface area contributed by atoms with Gasteiger partial charge < -0.3 is 24.7 Å². The molecular weight excluding hydrogens is 222 g/mol. The summed E-state index contributed by atoms with van der Waals surface area (Å²) < 4.78 is 31.4. The van der Waals surface area contributed by atoms with Gasteiger partial charge in [0, 0.05) is 0 Å². The summed E-state index contributed by atoms with van der Waals surface area (Å²) in [5.41, 5.74) is 0. The molecule has 1 heterocycles. The van der Waals surface area contributed by atoms with Crippen LogP contribution in [0.2, 0.25) is 0 Å². The number of phosphoric acid groups is 1. The minimum atomic E-state index is -4.68. The highest BCUT2D eigenvalue weighted by Crippen LogP contribution is 2.37. The van der Waals surface area contributed by atoms with Crippen molar-refractivity contribution in [3.63, 3.8) is 0 Å². The second-order valence-corrected chi connectivity index (χ2v) is 4.03. The van der Waals surface area contributed by atoms with Crippen LogP contribution in [-0.2, 0) is 13.8 Å². The first kappa shape index (κ1) is 12.0. The predicted molar refractivity (Wildman–Crippen MR) is 39.8 cm³/mol. The summed E-state index contributed by atoms with van der Waals surface area (Å²) in [5.74, 6) is 0. The largest absolute Gasteiger partial charge is 0.469 e. The number of phosphoric ester groups is 1. The predicted octanol–water partition coefficient (Wildman–Crippen LogP) is -1.49. The first-order valence-electron chi connectivity index (χ1n) is 3.67. The first-order valence-corrected chi connectivity index (χ1v) is 5.20. The van der Waals surface area contributed by atoms with Gasteiger partial charge in [0.05, 0.1) is 6.61 Å². The summed E-state index contributed by atoms with van der Waals surface area (Å²) >= 11 is 0. The quantitative estimate of drug-likeness (QED) is 0.438. The second-order valence-electron chi connectivity index (χ2n) is 2.79. The highest BCUT2D eigenvalue weighted by atomic mass is 31.2. The molecule has 14 heavy (non-hydrogen) atoms. The smallest absolute Gasteiger partial charge is 0.387 e. The lowest BCUT2D eigenvalue weighted by Gasteiger charge is -2.13. The Balaban J connectivity index is 2.44. The molecule has 0 aromatic carbocycles. The van der Waals surface area contributed by atoms with Crippen LogP contribution in [0.1, 0.15) is 0 Å². The lowest BCUT2D eigenvalue weighted by molar-refractivity contribution is -0.120. The van der Waals surface area contributed by atoms with Crippen LogP contribution in [0, 0.1) is 0 Å². The van der Waals surface area contributed by atoms with Crippen molar-refractivity contribution in [2.75, 3.05) is 6.61 Å². The van der Waals surface area contributed by atoms with E-state index in [1.807, 2.05) is 0 Å². The van der Waals surface area contributed by atoms with Crippen LogP contribution in [0.25, 0.3) is 0 Å². The molecule has 0 unspecified atom stereocenters. The van der Waals surface area contributed by atoms with Crippen LogP contribution in [0.4, 0.5) is 4.39 Å². The molecule has 4 N–H and O–H groups in total. The zero-order valence-corrected chi connectivity index (χ0v) is 7.75. The Hall–Kier alpha value is -0.0800. The van der Waals surface area contributed by atoms with Gasteiger partial charge in [-0.2, -0.15) is 0 Å². The molecule has 0 aromatic rings. The van der Waals surface area contributed by atoms with Gasteiger partial charge in [-0.15, -0.1) is 0 Å². The Morgan fingerprint density at radius 3 is 2.36 bits per heavy atom. The van der Waals surface area contributed by atoms with Gasteiger partial charge in [-0.1, -0.05) is 0 Å². The van der Waals surface area contributed by atoms with E-state index in [1.54, 1.807) is 0 Å². The third-order valence-corrected chi connectivity index (χ3v) is 2.19. The third kappa shape index (κ3) is 2.96. The molecule has 0 aliphatic carbocycles. The standard InChI is InChI=1S/C5H10FO7P/c6-3-4(7)2(13-5(3)8)1-12-14(9,10)11/h2-5,7-8H,1H2,(H2,9,10,11)/t2-,3+,4-,5-/m1/s1. The van der Waals surface area contributed by atoms with Crippen LogP contribution in [0.3, 0.4) is 0 Å². The molecule has 0 spiro atoms. The number of aliphatic hydroxyl groups is 2. The summed E-state index contributed by atoms with van der Waals surface area (Å²) in [5, 5.41) is 17.8. The Morgan fingerprint density at radius 2 is 2.00 bits per heavy atom. The first-order chi connectivity index (χ1) is 6.31. The van der Waals surface area contributed by atoms with E-state index >= 15 is 0 Å². The van der Waals surface area contributed by atoms with Crippen molar-refractivity contribution in [1.29, 1.82) is 0 Å². The van der Waals surface area contributed by atoms with E-state index in [9.17, 15) is 8.96 Å². The Kier molecular flexibility index (Phi) is 3.59. The summed E-state index contributed by atoms with van der Waals surface area (Å²) in [7, 11) is -4.68. The van der Waals surface area contributed by atoms with Crippen molar-refractivity contribution in [2.24, 2.45) is 0 Å². The SMILES string of the molecule is O=P(O)(O)OC[C@H]1O[C@@H](O)[C@@H](F)[C@@H]1O. The molecule has 0 saturated carbocycles. The van der Waals surface area contributed by atoms with Crippen LogP contribution in [-0.4, -0.2) is 51.3 Å². The van der Waals surface area contributed by atoms with Crippen molar-refractivity contribution >= 4 is 7.82 Å². The molecule has 1 fully saturated rings. The molecular formula is C5H10FO7P. The van der Waals surface area contributed by atoms with Gasteiger partial charge in [0.25, 0.3) is 0 Å². The van der Waals surface area contributed by atoms with E-state index in [2.05, 4.69) is 9.26 Å². The van der Waals surface area contributed by atoms with Gasteiger partial charge in [0.2, 0.25) is 0 Å². The number of halogens is 1. The number of aliphatic hydroxyl groups excluding tert-OH is 2. The van der Waals surface area contributed by atoms with E-state index in [-0.39, 0.29) is 0 Å². The highest BCUT2D eigenvalue weighted by molar-refractivity contribution is 7.46.